The number of rotatable bonds is 3. The average Bonchev–Trinajstić information content (AvgIpc) is 3.23. The van der Waals surface area contributed by atoms with Crippen molar-refractivity contribution in [1.82, 2.24) is 15.0 Å². The summed E-state index contributed by atoms with van der Waals surface area (Å²) in [7, 11) is 0. The Morgan fingerprint density at radius 1 is 0.500 bits per heavy atom. The van der Waals surface area contributed by atoms with Crippen molar-refractivity contribution in [3.63, 3.8) is 0 Å². The van der Waals surface area contributed by atoms with Crippen molar-refractivity contribution in [2.45, 2.75) is 0 Å². The molecule has 0 saturated heterocycles. The quantitative estimate of drug-likeness (QED) is 0.264. The van der Waals surface area contributed by atoms with Gasteiger partial charge in [-0.3, -0.25) is 0 Å². The monoisotopic (exact) mass is 477 g/mol. The summed E-state index contributed by atoms with van der Waals surface area (Å²) in [6.45, 7) is 0. The average molecular weight is 478 g/mol. The number of fused-ring (bicyclic) bond motifs is 3. The van der Waals surface area contributed by atoms with Gasteiger partial charge in [0.05, 0.1) is 0 Å². The van der Waals surface area contributed by atoms with Gasteiger partial charge in [0.2, 0.25) is 0 Å². The lowest BCUT2D eigenvalue weighted by atomic mass is 10.1. The van der Waals surface area contributed by atoms with Gasteiger partial charge in [-0.15, -0.1) is 0 Å². The van der Waals surface area contributed by atoms with Crippen LogP contribution in [0.2, 0.25) is 0 Å². The third kappa shape index (κ3) is 3.37. The Bertz CT molecular complexity index is 1570. The fourth-order valence-corrected chi connectivity index (χ4v) is 4.08. The molecule has 0 atom stereocenters. The summed E-state index contributed by atoms with van der Waals surface area (Å²) >= 11 is 3.49. The zero-order valence-electron chi connectivity index (χ0n) is 16.9. The number of benzene rings is 4. The number of aromatic nitrogens is 3. The molecule has 0 N–H and O–H groups in total. The van der Waals surface area contributed by atoms with Crippen LogP contribution in [-0.2, 0) is 0 Å². The topological polar surface area (TPSA) is 51.8 Å². The summed E-state index contributed by atoms with van der Waals surface area (Å²) in [6, 6.07) is 32.1. The Morgan fingerprint density at radius 3 is 1.81 bits per heavy atom. The van der Waals surface area contributed by atoms with Gasteiger partial charge in [-0.25, -0.2) is 15.0 Å². The van der Waals surface area contributed by atoms with E-state index in [4.69, 9.17) is 19.4 Å². The molecular formula is C27H16BrN3O. The molecule has 0 unspecified atom stereocenters. The number of nitrogens with zero attached hydrogens (tertiary/aromatic N) is 3. The maximum atomic E-state index is 6.08. The van der Waals surface area contributed by atoms with Gasteiger partial charge in [-0.2, -0.15) is 0 Å². The van der Waals surface area contributed by atoms with E-state index in [2.05, 4.69) is 28.1 Å². The molecule has 2 heterocycles. The normalized spacial score (nSPS) is 11.3. The highest BCUT2D eigenvalue weighted by atomic mass is 79.9. The van der Waals surface area contributed by atoms with Crippen LogP contribution in [0.15, 0.2) is 106 Å². The Kier molecular flexibility index (Phi) is 4.55. The molecule has 4 aromatic carbocycles. The van der Waals surface area contributed by atoms with E-state index in [0.29, 0.717) is 17.5 Å². The maximum absolute atomic E-state index is 6.08. The standard InChI is InChI=1S/C27H16BrN3O/c28-20-13-10-18(11-14-20)26-29-25(17-6-2-1-3-7-17)30-27(31-26)19-12-15-22-21-8-4-5-9-23(21)32-24(22)16-19/h1-16H. The number of hydrogen-bond acceptors (Lipinski definition) is 4. The van der Waals surface area contributed by atoms with Gasteiger partial charge in [0.25, 0.3) is 0 Å². The molecule has 5 heteroatoms. The van der Waals surface area contributed by atoms with E-state index in [9.17, 15) is 0 Å². The van der Waals surface area contributed by atoms with Crippen LogP contribution in [0.5, 0.6) is 0 Å². The summed E-state index contributed by atoms with van der Waals surface area (Å²) in [5.74, 6) is 1.88. The van der Waals surface area contributed by atoms with Crippen molar-refractivity contribution < 1.29 is 4.42 Å². The summed E-state index contributed by atoms with van der Waals surface area (Å²) < 4.78 is 7.09. The number of halogens is 1. The first-order valence-corrected chi connectivity index (χ1v) is 11.0. The molecule has 152 valence electrons. The highest BCUT2D eigenvalue weighted by Gasteiger charge is 2.14. The molecule has 0 amide bonds. The second-order valence-electron chi connectivity index (χ2n) is 7.49. The number of para-hydroxylation sites is 1. The second-order valence-corrected chi connectivity index (χ2v) is 8.40. The SMILES string of the molecule is Brc1ccc(-c2nc(-c3ccccc3)nc(-c3ccc4c(c3)oc3ccccc34)n2)cc1. The van der Waals surface area contributed by atoms with Crippen molar-refractivity contribution in [2.24, 2.45) is 0 Å². The first-order valence-electron chi connectivity index (χ1n) is 10.2. The number of hydrogen-bond donors (Lipinski definition) is 0. The predicted octanol–water partition coefficient (Wildman–Crippen LogP) is 7.53. The summed E-state index contributed by atoms with van der Waals surface area (Å²) in [6.07, 6.45) is 0. The highest BCUT2D eigenvalue weighted by Crippen LogP contribution is 2.32. The van der Waals surface area contributed by atoms with E-state index in [1.165, 1.54) is 0 Å². The van der Waals surface area contributed by atoms with Gasteiger partial charge in [0.1, 0.15) is 11.2 Å². The Labute approximate surface area is 192 Å². The van der Waals surface area contributed by atoms with Gasteiger partial charge in [-0.1, -0.05) is 82.7 Å². The molecule has 0 fully saturated rings. The van der Waals surface area contributed by atoms with Crippen molar-refractivity contribution >= 4 is 37.9 Å². The number of furan rings is 1. The zero-order valence-corrected chi connectivity index (χ0v) is 18.5. The van der Waals surface area contributed by atoms with Crippen LogP contribution in [0.25, 0.3) is 56.1 Å². The van der Waals surface area contributed by atoms with E-state index in [1.807, 2.05) is 84.9 Å². The molecule has 2 aromatic heterocycles. The molecule has 0 aliphatic carbocycles. The molecule has 32 heavy (non-hydrogen) atoms. The molecule has 0 bridgehead atoms. The minimum atomic E-state index is 0.610. The minimum absolute atomic E-state index is 0.610. The predicted molar refractivity (Wildman–Crippen MR) is 131 cm³/mol. The molecular weight excluding hydrogens is 462 g/mol. The van der Waals surface area contributed by atoms with Crippen molar-refractivity contribution in [3.8, 4) is 34.2 Å². The summed E-state index contributed by atoms with van der Waals surface area (Å²) in [5, 5.41) is 2.18. The van der Waals surface area contributed by atoms with Crippen molar-refractivity contribution in [2.75, 3.05) is 0 Å². The summed E-state index contributed by atoms with van der Waals surface area (Å²) in [4.78, 5) is 14.4. The molecule has 6 rings (SSSR count). The molecule has 0 radical (unpaired) electrons. The molecule has 4 nitrogen and oxygen atoms in total. The van der Waals surface area contributed by atoms with Crippen LogP contribution in [0, 0.1) is 0 Å². The third-order valence-electron chi connectivity index (χ3n) is 5.41. The smallest absolute Gasteiger partial charge is 0.164 e. The maximum Gasteiger partial charge on any atom is 0.164 e. The Morgan fingerprint density at radius 2 is 1.06 bits per heavy atom. The lowest BCUT2D eigenvalue weighted by molar-refractivity contribution is 0.669. The van der Waals surface area contributed by atoms with E-state index in [-0.39, 0.29) is 0 Å². The first-order chi connectivity index (χ1) is 15.7. The van der Waals surface area contributed by atoms with Gasteiger partial charge in [-0.05, 0) is 30.3 Å². The Hall–Kier alpha value is -3.83. The molecule has 6 aromatic rings. The lowest BCUT2D eigenvalue weighted by Gasteiger charge is -2.08. The van der Waals surface area contributed by atoms with Gasteiger partial charge < -0.3 is 4.42 Å². The van der Waals surface area contributed by atoms with Crippen LogP contribution in [0.3, 0.4) is 0 Å². The molecule has 0 saturated carbocycles. The Balaban J connectivity index is 1.55. The van der Waals surface area contributed by atoms with Crippen LogP contribution in [-0.4, -0.2) is 15.0 Å². The second kappa shape index (κ2) is 7.70. The van der Waals surface area contributed by atoms with Crippen molar-refractivity contribution in [1.29, 1.82) is 0 Å². The van der Waals surface area contributed by atoms with Crippen molar-refractivity contribution in [3.05, 3.63) is 102 Å². The fraction of sp³-hybridized carbons (Fsp3) is 0. The first kappa shape index (κ1) is 18.9. The molecule has 0 aliphatic heterocycles. The molecule has 0 spiro atoms. The van der Waals surface area contributed by atoms with E-state index < -0.39 is 0 Å². The van der Waals surface area contributed by atoms with Crippen LogP contribution in [0.4, 0.5) is 0 Å². The lowest BCUT2D eigenvalue weighted by Crippen LogP contribution is -2.00. The van der Waals surface area contributed by atoms with Gasteiger partial charge >= 0.3 is 0 Å². The van der Waals surface area contributed by atoms with Gasteiger partial charge in [0, 0.05) is 31.9 Å². The van der Waals surface area contributed by atoms with Crippen LogP contribution >= 0.6 is 15.9 Å². The van der Waals surface area contributed by atoms with Gasteiger partial charge in [0.15, 0.2) is 17.5 Å². The van der Waals surface area contributed by atoms with Crippen LogP contribution in [0.1, 0.15) is 0 Å². The minimum Gasteiger partial charge on any atom is -0.456 e. The highest BCUT2D eigenvalue weighted by molar-refractivity contribution is 9.10. The van der Waals surface area contributed by atoms with E-state index in [1.54, 1.807) is 0 Å². The zero-order chi connectivity index (χ0) is 21.5. The van der Waals surface area contributed by atoms with E-state index in [0.717, 1.165) is 43.1 Å². The van der Waals surface area contributed by atoms with E-state index >= 15 is 0 Å². The third-order valence-corrected chi connectivity index (χ3v) is 5.94. The molecule has 0 aliphatic rings. The fourth-order valence-electron chi connectivity index (χ4n) is 3.81. The summed E-state index contributed by atoms with van der Waals surface area (Å²) in [5.41, 5.74) is 4.44. The largest absolute Gasteiger partial charge is 0.456 e. The van der Waals surface area contributed by atoms with Crippen LogP contribution < -0.4 is 0 Å².